The average molecular weight is 308 g/mol. The molecule has 2 rings (SSSR count). The molecule has 1 amide bonds. The minimum Gasteiger partial charge on any atom is -0.394 e. The van der Waals surface area contributed by atoms with Crippen LogP contribution in [0.25, 0.3) is 0 Å². The Morgan fingerprint density at radius 2 is 2.05 bits per heavy atom. The predicted molar refractivity (Wildman–Crippen MR) is 84.6 cm³/mol. The lowest BCUT2D eigenvalue weighted by Gasteiger charge is -2.30. The Hall–Kier alpha value is -1.37. The van der Waals surface area contributed by atoms with Crippen LogP contribution in [0, 0.1) is 0 Å². The summed E-state index contributed by atoms with van der Waals surface area (Å²) >= 11 is 1.54. The molecule has 1 heterocycles. The first-order chi connectivity index (χ1) is 10.1. The van der Waals surface area contributed by atoms with Crippen LogP contribution in [0.5, 0.6) is 0 Å². The second-order valence-corrected chi connectivity index (χ2v) is 6.08. The van der Waals surface area contributed by atoms with Crippen LogP contribution in [0.15, 0.2) is 35.3 Å². The third-order valence-corrected chi connectivity index (χ3v) is 4.74. The topological polar surface area (TPSA) is 81.9 Å². The highest BCUT2D eigenvalue weighted by Gasteiger charge is 2.33. The van der Waals surface area contributed by atoms with E-state index >= 15 is 0 Å². The molecule has 0 radical (unpaired) electrons. The van der Waals surface area contributed by atoms with E-state index in [0.717, 1.165) is 10.6 Å². The number of nitrogens with zero attached hydrogens (tertiary/aromatic N) is 1. The van der Waals surface area contributed by atoms with Gasteiger partial charge >= 0.3 is 0 Å². The summed E-state index contributed by atoms with van der Waals surface area (Å²) in [6.07, 6.45) is 0.459. The monoisotopic (exact) mass is 308 g/mol. The van der Waals surface area contributed by atoms with Gasteiger partial charge in [-0.25, -0.2) is 0 Å². The van der Waals surface area contributed by atoms with Crippen LogP contribution in [0.1, 0.15) is 18.9 Å². The van der Waals surface area contributed by atoms with Crippen LogP contribution < -0.4 is 5.32 Å². The highest BCUT2D eigenvalue weighted by Crippen LogP contribution is 2.24. The van der Waals surface area contributed by atoms with Gasteiger partial charge in [-0.2, -0.15) is 0 Å². The van der Waals surface area contributed by atoms with Crippen molar-refractivity contribution in [3.05, 3.63) is 35.9 Å². The van der Waals surface area contributed by atoms with Crippen molar-refractivity contribution in [2.75, 3.05) is 19.0 Å². The first-order valence-corrected chi connectivity index (χ1v) is 7.92. The minimum absolute atomic E-state index is 0.251. The number of hydrogen-bond acceptors (Lipinski definition) is 5. The van der Waals surface area contributed by atoms with E-state index in [1.165, 1.54) is 0 Å². The van der Waals surface area contributed by atoms with E-state index in [9.17, 15) is 15.0 Å². The van der Waals surface area contributed by atoms with Crippen molar-refractivity contribution in [1.29, 1.82) is 0 Å². The Kier molecular flexibility index (Phi) is 5.39. The molecule has 1 aliphatic rings. The van der Waals surface area contributed by atoms with Crippen LogP contribution in [0.3, 0.4) is 0 Å². The summed E-state index contributed by atoms with van der Waals surface area (Å²) in [6.45, 7) is 1.23. The molecule has 114 valence electrons. The second kappa shape index (κ2) is 7.06. The van der Waals surface area contributed by atoms with Crippen LogP contribution in [0.4, 0.5) is 0 Å². The zero-order chi connectivity index (χ0) is 15.3. The van der Waals surface area contributed by atoms with Gasteiger partial charge in [0.25, 0.3) is 0 Å². The average Bonchev–Trinajstić information content (AvgIpc) is 3.04. The molecule has 21 heavy (non-hydrogen) atoms. The number of aliphatic imine (C=N–C) groups is 1. The fraction of sp³-hybridized carbons (Fsp3) is 0.467. The number of benzene rings is 1. The molecule has 5 nitrogen and oxygen atoms in total. The summed E-state index contributed by atoms with van der Waals surface area (Å²) in [4.78, 5) is 16.7. The molecule has 0 aromatic heterocycles. The largest absolute Gasteiger partial charge is 0.394 e. The van der Waals surface area contributed by atoms with Crippen LogP contribution >= 0.6 is 11.8 Å². The van der Waals surface area contributed by atoms with Crippen LogP contribution in [-0.2, 0) is 4.79 Å². The maximum Gasteiger partial charge on any atom is 0.246 e. The van der Waals surface area contributed by atoms with Gasteiger partial charge in [0.1, 0.15) is 6.04 Å². The van der Waals surface area contributed by atoms with Gasteiger partial charge in [-0.05, 0) is 6.42 Å². The number of aliphatic hydroxyl groups is 2. The maximum absolute atomic E-state index is 12.3. The lowest BCUT2D eigenvalue weighted by atomic mass is 9.98. The van der Waals surface area contributed by atoms with Crippen molar-refractivity contribution < 1.29 is 15.0 Å². The van der Waals surface area contributed by atoms with Crippen molar-refractivity contribution in [3.63, 3.8) is 0 Å². The molecule has 3 N–H and O–H groups in total. The molecular formula is C15H20N2O3S. The fourth-order valence-corrected chi connectivity index (χ4v) is 3.08. The minimum atomic E-state index is -0.966. The number of rotatable bonds is 6. The molecule has 0 saturated carbocycles. The lowest BCUT2D eigenvalue weighted by molar-refractivity contribution is -0.125. The van der Waals surface area contributed by atoms with Gasteiger partial charge in [0.2, 0.25) is 5.91 Å². The van der Waals surface area contributed by atoms with Crippen LogP contribution in [-0.4, -0.2) is 51.7 Å². The van der Waals surface area contributed by atoms with Gasteiger partial charge in [0.15, 0.2) is 0 Å². The van der Waals surface area contributed by atoms with Gasteiger partial charge in [-0.1, -0.05) is 37.3 Å². The molecular weight excluding hydrogens is 288 g/mol. The number of thioether (sulfide) groups is 1. The van der Waals surface area contributed by atoms with Gasteiger partial charge in [-0.15, -0.1) is 11.8 Å². The summed E-state index contributed by atoms with van der Waals surface area (Å²) in [7, 11) is 0. The van der Waals surface area contributed by atoms with Crippen molar-refractivity contribution in [2.24, 2.45) is 4.99 Å². The molecule has 1 aromatic rings. The molecule has 1 aliphatic heterocycles. The van der Waals surface area contributed by atoms with Gasteiger partial charge in [0, 0.05) is 11.3 Å². The molecule has 1 atom stereocenters. The molecule has 0 aliphatic carbocycles. The third-order valence-electron chi connectivity index (χ3n) is 3.64. The van der Waals surface area contributed by atoms with Gasteiger partial charge < -0.3 is 15.5 Å². The quantitative estimate of drug-likeness (QED) is 0.726. The SMILES string of the molecule is CCC(CO)(CO)NC(=O)C1CSC(c2ccccc2)=N1. The number of carbonyl (C=O) groups is 1. The lowest BCUT2D eigenvalue weighted by Crippen LogP contribution is -2.56. The maximum atomic E-state index is 12.3. The van der Waals surface area contributed by atoms with Crippen LogP contribution in [0.2, 0.25) is 0 Å². The Morgan fingerprint density at radius 1 is 1.38 bits per heavy atom. The number of nitrogens with one attached hydrogen (secondary N) is 1. The van der Waals surface area contributed by atoms with Crippen molar-refractivity contribution in [1.82, 2.24) is 5.32 Å². The molecule has 1 unspecified atom stereocenters. The molecule has 6 heteroatoms. The van der Waals surface area contributed by atoms with Crippen molar-refractivity contribution >= 4 is 22.7 Å². The molecule has 1 aromatic carbocycles. The Morgan fingerprint density at radius 3 is 2.62 bits per heavy atom. The number of aliphatic hydroxyl groups excluding tert-OH is 2. The Balaban J connectivity index is 2.07. The van der Waals surface area contributed by atoms with E-state index in [0.29, 0.717) is 12.2 Å². The smallest absolute Gasteiger partial charge is 0.246 e. The summed E-state index contributed by atoms with van der Waals surface area (Å²) in [5.41, 5.74) is 0.0381. The first kappa shape index (κ1) is 16.0. The normalized spacial score (nSPS) is 18.4. The Bertz CT molecular complexity index is 507. The van der Waals surface area contributed by atoms with E-state index in [1.807, 2.05) is 37.3 Å². The number of carbonyl (C=O) groups excluding carboxylic acids is 1. The Labute approximate surface area is 128 Å². The second-order valence-electron chi connectivity index (χ2n) is 5.07. The molecule has 0 fully saturated rings. The van der Waals surface area contributed by atoms with Gasteiger partial charge in [0.05, 0.1) is 23.8 Å². The van der Waals surface area contributed by atoms with E-state index in [1.54, 1.807) is 11.8 Å². The number of amides is 1. The van der Waals surface area contributed by atoms with Crippen molar-refractivity contribution in [3.8, 4) is 0 Å². The highest BCUT2D eigenvalue weighted by molar-refractivity contribution is 8.14. The zero-order valence-electron chi connectivity index (χ0n) is 12.0. The van der Waals surface area contributed by atoms with E-state index in [2.05, 4.69) is 10.3 Å². The first-order valence-electron chi connectivity index (χ1n) is 6.94. The predicted octanol–water partition coefficient (Wildman–Crippen LogP) is 0.798. The van der Waals surface area contributed by atoms with E-state index in [4.69, 9.17) is 0 Å². The summed E-state index contributed by atoms with van der Waals surface area (Å²) in [5, 5.41) is 22.4. The molecule has 0 spiro atoms. The van der Waals surface area contributed by atoms with Gasteiger partial charge in [-0.3, -0.25) is 9.79 Å². The fourth-order valence-electron chi connectivity index (χ4n) is 2.03. The van der Waals surface area contributed by atoms with E-state index in [-0.39, 0.29) is 19.1 Å². The van der Waals surface area contributed by atoms with E-state index < -0.39 is 11.6 Å². The number of hydrogen-bond donors (Lipinski definition) is 3. The van der Waals surface area contributed by atoms with Crippen molar-refractivity contribution in [2.45, 2.75) is 24.9 Å². The summed E-state index contributed by atoms with van der Waals surface area (Å²) in [6, 6.07) is 9.26. The summed E-state index contributed by atoms with van der Waals surface area (Å²) < 4.78 is 0. The third kappa shape index (κ3) is 3.64. The molecule has 0 saturated heterocycles. The zero-order valence-corrected chi connectivity index (χ0v) is 12.8. The summed E-state index contributed by atoms with van der Waals surface area (Å²) in [5.74, 6) is 0.325. The highest BCUT2D eigenvalue weighted by atomic mass is 32.2. The standard InChI is InChI=1S/C15H20N2O3S/c1-2-15(9-18,10-19)17-13(20)12-8-21-14(16-12)11-6-4-3-5-7-11/h3-7,12,18-19H,2,8-10H2,1H3,(H,17,20). The molecule has 0 bridgehead atoms.